The molecule has 3 aliphatic rings. The van der Waals surface area contributed by atoms with Crippen LogP contribution in [0.4, 0.5) is 0 Å². The number of methoxy groups -OCH3 is 1. The Bertz CT molecular complexity index is 474. The van der Waals surface area contributed by atoms with E-state index in [1.165, 1.54) is 19.3 Å². The SMILES string of the molecule is COc1ccccc1OCCNC1C2C3CCC(C3)C12. The Morgan fingerprint density at radius 1 is 1.10 bits per heavy atom. The molecule has 20 heavy (non-hydrogen) atoms. The zero-order valence-corrected chi connectivity index (χ0v) is 12.0. The second-order valence-corrected chi connectivity index (χ2v) is 6.47. The van der Waals surface area contributed by atoms with Crippen molar-refractivity contribution in [3.63, 3.8) is 0 Å². The summed E-state index contributed by atoms with van der Waals surface area (Å²) in [5, 5.41) is 3.70. The van der Waals surface area contributed by atoms with Gasteiger partial charge in [-0.25, -0.2) is 0 Å². The number of ether oxygens (including phenoxy) is 2. The van der Waals surface area contributed by atoms with Gasteiger partial charge in [0.15, 0.2) is 11.5 Å². The van der Waals surface area contributed by atoms with E-state index in [1.54, 1.807) is 7.11 Å². The van der Waals surface area contributed by atoms with Crippen LogP contribution in [-0.4, -0.2) is 26.3 Å². The third kappa shape index (κ3) is 1.99. The predicted octanol–water partition coefficient (Wildman–Crippen LogP) is 2.71. The highest BCUT2D eigenvalue weighted by Crippen LogP contribution is 2.65. The Hall–Kier alpha value is -1.22. The Balaban J connectivity index is 1.23. The molecule has 108 valence electrons. The maximum absolute atomic E-state index is 5.81. The number of fused-ring (bicyclic) bond motifs is 5. The predicted molar refractivity (Wildman–Crippen MR) is 78.1 cm³/mol. The van der Waals surface area contributed by atoms with Crippen molar-refractivity contribution in [1.82, 2.24) is 5.32 Å². The average Bonchev–Trinajstić information content (AvgIpc) is 2.88. The second-order valence-electron chi connectivity index (χ2n) is 6.47. The van der Waals surface area contributed by atoms with E-state index in [2.05, 4.69) is 5.32 Å². The van der Waals surface area contributed by atoms with Crippen molar-refractivity contribution in [3.05, 3.63) is 24.3 Å². The van der Waals surface area contributed by atoms with E-state index in [0.717, 1.165) is 47.8 Å². The van der Waals surface area contributed by atoms with Crippen molar-refractivity contribution < 1.29 is 9.47 Å². The first-order chi connectivity index (χ1) is 9.88. The lowest BCUT2D eigenvalue weighted by Crippen LogP contribution is -2.27. The van der Waals surface area contributed by atoms with E-state index < -0.39 is 0 Å². The molecule has 3 saturated carbocycles. The lowest BCUT2D eigenvalue weighted by atomic mass is 10.0. The fourth-order valence-corrected chi connectivity index (χ4v) is 4.72. The molecule has 3 aliphatic carbocycles. The molecular weight excluding hydrogens is 250 g/mol. The first kappa shape index (κ1) is 12.5. The lowest BCUT2D eigenvalue weighted by molar-refractivity contribution is 0.288. The van der Waals surface area contributed by atoms with E-state index in [1.807, 2.05) is 24.3 Å². The minimum absolute atomic E-state index is 0.714. The molecule has 4 rings (SSSR count). The lowest BCUT2D eigenvalue weighted by Gasteiger charge is -2.12. The maximum Gasteiger partial charge on any atom is 0.161 e. The van der Waals surface area contributed by atoms with Gasteiger partial charge < -0.3 is 14.8 Å². The monoisotopic (exact) mass is 273 g/mol. The highest BCUT2D eigenvalue weighted by Gasteiger charge is 2.64. The van der Waals surface area contributed by atoms with E-state index in [4.69, 9.17) is 9.47 Å². The van der Waals surface area contributed by atoms with Crippen LogP contribution >= 0.6 is 0 Å². The highest BCUT2D eigenvalue weighted by molar-refractivity contribution is 5.39. The van der Waals surface area contributed by atoms with Crippen LogP contribution in [0.1, 0.15) is 19.3 Å². The van der Waals surface area contributed by atoms with Gasteiger partial charge >= 0.3 is 0 Å². The highest BCUT2D eigenvalue weighted by atomic mass is 16.5. The molecule has 0 heterocycles. The molecule has 3 heteroatoms. The summed E-state index contributed by atoms with van der Waals surface area (Å²) in [6.45, 7) is 1.65. The second kappa shape index (κ2) is 4.96. The van der Waals surface area contributed by atoms with Crippen LogP contribution < -0.4 is 14.8 Å². The molecule has 0 spiro atoms. The summed E-state index contributed by atoms with van der Waals surface area (Å²) in [6, 6.07) is 8.64. The minimum atomic E-state index is 0.714. The van der Waals surface area contributed by atoms with Gasteiger partial charge in [-0.15, -0.1) is 0 Å². The van der Waals surface area contributed by atoms with Gasteiger partial charge in [0.05, 0.1) is 7.11 Å². The molecule has 3 fully saturated rings. The number of rotatable bonds is 6. The summed E-state index contributed by atoms with van der Waals surface area (Å²) in [5.41, 5.74) is 0. The van der Waals surface area contributed by atoms with Crippen molar-refractivity contribution >= 4 is 0 Å². The van der Waals surface area contributed by atoms with E-state index in [0.29, 0.717) is 6.61 Å². The van der Waals surface area contributed by atoms with Crippen molar-refractivity contribution in [2.24, 2.45) is 23.7 Å². The standard InChI is InChI=1S/C17H23NO2/c1-19-13-4-2-3-5-14(13)20-9-8-18-17-15-11-6-7-12(10-11)16(15)17/h2-5,11-12,15-18H,6-10H2,1H3. The van der Waals surface area contributed by atoms with Crippen molar-refractivity contribution in [3.8, 4) is 11.5 Å². The Kier molecular flexibility index (Phi) is 3.10. The summed E-state index contributed by atoms with van der Waals surface area (Å²) < 4.78 is 11.1. The zero-order valence-electron chi connectivity index (χ0n) is 12.0. The molecule has 0 aliphatic heterocycles. The number of hydrogen-bond donors (Lipinski definition) is 1. The summed E-state index contributed by atoms with van der Waals surface area (Å²) in [4.78, 5) is 0. The van der Waals surface area contributed by atoms with Gasteiger partial charge in [0.1, 0.15) is 6.61 Å². The normalized spacial score (nSPS) is 36.8. The van der Waals surface area contributed by atoms with Crippen molar-refractivity contribution in [2.45, 2.75) is 25.3 Å². The minimum Gasteiger partial charge on any atom is -0.493 e. The summed E-state index contributed by atoms with van der Waals surface area (Å²) >= 11 is 0. The van der Waals surface area contributed by atoms with Crippen LogP contribution in [0.15, 0.2) is 24.3 Å². The smallest absolute Gasteiger partial charge is 0.161 e. The molecule has 0 amide bonds. The first-order valence-electron chi connectivity index (χ1n) is 7.87. The molecular formula is C17H23NO2. The number of nitrogens with one attached hydrogen (secondary N) is 1. The third-order valence-corrected chi connectivity index (χ3v) is 5.54. The molecule has 2 bridgehead atoms. The topological polar surface area (TPSA) is 30.5 Å². The Morgan fingerprint density at radius 3 is 2.50 bits per heavy atom. The largest absolute Gasteiger partial charge is 0.493 e. The number of benzene rings is 1. The fourth-order valence-electron chi connectivity index (χ4n) is 4.72. The van der Waals surface area contributed by atoms with E-state index >= 15 is 0 Å². The van der Waals surface area contributed by atoms with Crippen LogP contribution in [-0.2, 0) is 0 Å². The molecule has 1 aromatic carbocycles. The zero-order chi connectivity index (χ0) is 13.5. The van der Waals surface area contributed by atoms with Crippen LogP contribution in [0.2, 0.25) is 0 Å². The van der Waals surface area contributed by atoms with Crippen molar-refractivity contribution in [2.75, 3.05) is 20.3 Å². The molecule has 4 unspecified atom stereocenters. The van der Waals surface area contributed by atoms with Gasteiger partial charge in [-0.1, -0.05) is 12.1 Å². The van der Waals surface area contributed by atoms with Crippen molar-refractivity contribution in [1.29, 1.82) is 0 Å². The molecule has 3 nitrogen and oxygen atoms in total. The molecule has 1 aromatic rings. The average molecular weight is 273 g/mol. The van der Waals surface area contributed by atoms with E-state index in [-0.39, 0.29) is 0 Å². The van der Waals surface area contributed by atoms with Crippen LogP contribution in [0.3, 0.4) is 0 Å². The van der Waals surface area contributed by atoms with Gasteiger partial charge in [-0.3, -0.25) is 0 Å². The molecule has 4 atom stereocenters. The third-order valence-electron chi connectivity index (χ3n) is 5.54. The van der Waals surface area contributed by atoms with E-state index in [9.17, 15) is 0 Å². The van der Waals surface area contributed by atoms with Crippen LogP contribution in [0.25, 0.3) is 0 Å². The fraction of sp³-hybridized carbons (Fsp3) is 0.647. The first-order valence-corrected chi connectivity index (χ1v) is 7.87. The molecule has 1 N–H and O–H groups in total. The Labute approximate surface area is 120 Å². The van der Waals surface area contributed by atoms with Gasteiger partial charge in [0.25, 0.3) is 0 Å². The number of para-hydroxylation sites is 2. The van der Waals surface area contributed by atoms with Gasteiger partial charge in [0.2, 0.25) is 0 Å². The maximum atomic E-state index is 5.81. The number of hydrogen-bond acceptors (Lipinski definition) is 3. The van der Waals surface area contributed by atoms with Gasteiger partial charge in [-0.05, 0) is 55.1 Å². The van der Waals surface area contributed by atoms with Gasteiger partial charge in [-0.2, -0.15) is 0 Å². The van der Waals surface area contributed by atoms with Gasteiger partial charge in [0, 0.05) is 12.6 Å². The molecule has 0 radical (unpaired) electrons. The van der Waals surface area contributed by atoms with Crippen LogP contribution in [0, 0.1) is 23.7 Å². The summed E-state index contributed by atoms with van der Waals surface area (Å²) in [7, 11) is 1.68. The Morgan fingerprint density at radius 2 is 1.80 bits per heavy atom. The summed E-state index contributed by atoms with van der Waals surface area (Å²) in [5.74, 6) is 5.73. The summed E-state index contributed by atoms with van der Waals surface area (Å²) in [6.07, 6.45) is 4.49. The molecule has 0 aromatic heterocycles. The quantitative estimate of drug-likeness (QED) is 0.808. The molecule has 0 saturated heterocycles. The van der Waals surface area contributed by atoms with Crippen LogP contribution in [0.5, 0.6) is 11.5 Å².